The van der Waals surface area contributed by atoms with Gasteiger partial charge in [-0.3, -0.25) is 4.79 Å². The van der Waals surface area contributed by atoms with E-state index >= 15 is 0 Å². The quantitative estimate of drug-likeness (QED) is 0.766. The zero-order valence-corrected chi connectivity index (χ0v) is 10.1. The molecule has 1 fully saturated rings. The largest absolute Gasteiger partial charge is 0.397 e. The lowest BCUT2D eigenvalue weighted by molar-refractivity contribution is 0.0757. The number of nitrogens with two attached hydrogens (primary N) is 1. The van der Waals surface area contributed by atoms with Crippen molar-refractivity contribution >= 4 is 11.6 Å². The van der Waals surface area contributed by atoms with Gasteiger partial charge in [0.2, 0.25) is 0 Å². The minimum absolute atomic E-state index is 0.000278. The Hall–Kier alpha value is -1.62. The predicted octanol–water partition coefficient (Wildman–Crippen LogP) is 0.441. The van der Waals surface area contributed by atoms with Gasteiger partial charge in [-0.2, -0.15) is 0 Å². The molecule has 0 aromatic carbocycles. The van der Waals surface area contributed by atoms with Gasteiger partial charge in [0.25, 0.3) is 5.91 Å². The fourth-order valence-corrected chi connectivity index (χ4v) is 1.94. The number of rotatable bonds is 1. The Balaban J connectivity index is 2.06. The van der Waals surface area contributed by atoms with E-state index in [1.165, 1.54) is 6.20 Å². The van der Waals surface area contributed by atoms with Crippen molar-refractivity contribution in [1.29, 1.82) is 0 Å². The van der Waals surface area contributed by atoms with Crippen LogP contribution in [0.25, 0.3) is 0 Å². The Morgan fingerprint density at radius 3 is 2.82 bits per heavy atom. The van der Waals surface area contributed by atoms with Crippen molar-refractivity contribution in [1.82, 2.24) is 14.8 Å². The summed E-state index contributed by atoms with van der Waals surface area (Å²) in [6.45, 7) is 3.52. The van der Waals surface area contributed by atoms with E-state index in [9.17, 15) is 4.79 Å². The van der Waals surface area contributed by atoms with Crippen LogP contribution >= 0.6 is 0 Å². The van der Waals surface area contributed by atoms with Gasteiger partial charge < -0.3 is 15.5 Å². The van der Waals surface area contributed by atoms with Crippen molar-refractivity contribution in [3.8, 4) is 0 Å². The normalized spacial score (nSPS) is 17.8. The SMILES string of the molecule is CN1CCCN(C(=O)c2ccc(N)cn2)CC1. The Morgan fingerprint density at radius 1 is 1.29 bits per heavy atom. The first-order valence-electron chi connectivity index (χ1n) is 5.86. The number of aromatic nitrogens is 1. The number of amides is 1. The summed E-state index contributed by atoms with van der Waals surface area (Å²) in [6, 6.07) is 3.40. The Bertz CT molecular complexity index is 390. The van der Waals surface area contributed by atoms with Gasteiger partial charge in [0.1, 0.15) is 5.69 Å². The average molecular weight is 234 g/mol. The number of carbonyl (C=O) groups excluding carboxylic acids is 1. The number of hydrogen-bond acceptors (Lipinski definition) is 4. The standard InChI is InChI=1S/C12H18N4O/c1-15-5-2-6-16(8-7-15)12(17)11-4-3-10(13)9-14-11/h3-4,9H,2,5-8,13H2,1H3. The lowest BCUT2D eigenvalue weighted by Gasteiger charge is -2.20. The molecule has 1 aliphatic rings. The third-order valence-corrected chi connectivity index (χ3v) is 3.01. The molecule has 1 saturated heterocycles. The highest BCUT2D eigenvalue weighted by Crippen LogP contribution is 2.08. The van der Waals surface area contributed by atoms with Gasteiger partial charge in [0, 0.05) is 19.6 Å². The molecule has 17 heavy (non-hydrogen) atoms. The minimum Gasteiger partial charge on any atom is -0.397 e. The van der Waals surface area contributed by atoms with Crippen LogP contribution in [0, 0.1) is 0 Å². The van der Waals surface area contributed by atoms with Crippen molar-refractivity contribution in [2.45, 2.75) is 6.42 Å². The zero-order valence-electron chi connectivity index (χ0n) is 10.1. The van der Waals surface area contributed by atoms with Crippen LogP contribution in [-0.4, -0.2) is 53.9 Å². The summed E-state index contributed by atoms with van der Waals surface area (Å²) in [7, 11) is 2.08. The molecule has 0 radical (unpaired) electrons. The fourth-order valence-electron chi connectivity index (χ4n) is 1.94. The molecule has 5 heteroatoms. The fraction of sp³-hybridized carbons (Fsp3) is 0.500. The molecule has 1 aliphatic heterocycles. The molecule has 1 aromatic rings. The van der Waals surface area contributed by atoms with E-state index in [2.05, 4.69) is 16.9 Å². The molecule has 0 aliphatic carbocycles. The molecular formula is C12H18N4O. The van der Waals surface area contributed by atoms with Crippen molar-refractivity contribution in [3.63, 3.8) is 0 Å². The van der Waals surface area contributed by atoms with Crippen LogP contribution in [0.3, 0.4) is 0 Å². The van der Waals surface area contributed by atoms with E-state index < -0.39 is 0 Å². The molecule has 2 heterocycles. The molecule has 0 bridgehead atoms. The third-order valence-electron chi connectivity index (χ3n) is 3.01. The molecule has 2 N–H and O–H groups in total. The molecule has 92 valence electrons. The Labute approximate surface area is 101 Å². The van der Waals surface area contributed by atoms with Gasteiger partial charge in [-0.15, -0.1) is 0 Å². The summed E-state index contributed by atoms with van der Waals surface area (Å²) in [4.78, 5) is 20.4. The van der Waals surface area contributed by atoms with Gasteiger partial charge in [-0.05, 0) is 32.1 Å². The van der Waals surface area contributed by atoms with Crippen molar-refractivity contribution < 1.29 is 4.79 Å². The van der Waals surface area contributed by atoms with E-state index in [-0.39, 0.29) is 5.91 Å². The number of hydrogen-bond donors (Lipinski definition) is 1. The second-order valence-electron chi connectivity index (χ2n) is 4.43. The molecule has 1 aromatic heterocycles. The molecule has 5 nitrogen and oxygen atoms in total. The highest BCUT2D eigenvalue weighted by atomic mass is 16.2. The summed E-state index contributed by atoms with van der Waals surface area (Å²) >= 11 is 0. The van der Waals surface area contributed by atoms with Gasteiger partial charge in [0.15, 0.2) is 0 Å². The molecule has 0 saturated carbocycles. The number of anilines is 1. The van der Waals surface area contributed by atoms with Crippen molar-refractivity contribution in [3.05, 3.63) is 24.0 Å². The average Bonchev–Trinajstić information content (AvgIpc) is 2.54. The smallest absolute Gasteiger partial charge is 0.272 e. The van der Waals surface area contributed by atoms with Crippen LogP contribution in [0.2, 0.25) is 0 Å². The van der Waals surface area contributed by atoms with Crippen LogP contribution in [0.4, 0.5) is 5.69 Å². The van der Waals surface area contributed by atoms with E-state index in [4.69, 9.17) is 5.73 Å². The molecule has 2 rings (SSSR count). The number of nitrogen functional groups attached to an aromatic ring is 1. The third kappa shape index (κ3) is 2.94. The summed E-state index contributed by atoms with van der Waals surface area (Å²) in [5, 5.41) is 0. The summed E-state index contributed by atoms with van der Waals surface area (Å²) < 4.78 is 0. The van der Waals surface area contributed by atoms with Crippen LogP contribution in [0.5, 0.6) is 0 Å². The highest BCUT2D eigenvalue weighted by Gasteiger charge is 2.19. The summed E-state index contributed by atoms with van der Waals surface area (Å²) in [5.41, 5.74) is 6.61. The Kier molecular flexibility index (Phi) is 3.58. The van der Waals surface area contributed by atoms with Crippen LogP contribution in [0.15, 0.2) is 18.3 Å². The van der Waals surface area contributed by atoms with E-state index in [1.54, 1.807) is 12.1 Å². The second-order valence-corrected chi connectivity index (χ2v) is 4.43. The van der Waals surface area contributed by atoms with Crippen LogP contribution < -0.4 is 5.73 Å². The number of nitrogens with zero attached hydrogens (tertiary/aromatic N) is 3. The number of carbonyl (C=O) groups is 1. The van der Waals surface area contributed by atoms with E-state index in [1.807, 2.05) is 4.90 Å². The van der Waals surface area contributed by atoms with Gasteiger partial charge in [-0.25, -0.2) is 4.98 Å². The molecule has 0 spiro atoms. The maximum Gasteiger partial charge on any atom is 0.272 e. The minimum atomic E-state index is 0.000278. The first-order valence-corrected chi connectivity index (χ1v) is 5.86. The maximum absolute atomic E-state index is 12.2. The van der Waals surface area contributed by atoms with Gasteiger partial charge >= 0.3 is 0 Å². The van der Waals surface area contributed by atoms with E-state index in [0.717, 1.165) is 32.6 Å². The topological polar surface area (TPSA) is 62.5 Å². The van der Waals surface area contributed by atoms with Crippen molar-refractivity contribution in [2.24, 2.45) is 0 Å². The van der Waals surface area contributed by atoms with Crippen LogP contribution in [0.1, 0.15) is 16.9 Å². The van der Waals surface area contributed by atoms with E-state index in [0.29, 0.717) is 11.4 Å². The summed E-state index contributed by atoms with van der Waals surface area (Å²) in [6.07, 6.45) is 2.54. The molecule has 0 unspecified atom stereocenters. The second kappa shape index (κ2) is 5.14. The number of pyridine rings is 1. The van der Waals surface area contributed by atoms with Gasteiger partial charge in [0.05, 0.1) is 11.9 Å². The predicted molar refractivity (Wildman–Crippen MR) is 66.7 cm³/mol. The zero-order chi connectivity index (χ0) is 12.3. The lowest BCUT2D eigenvalue weighted by atomic mass is 10.3. The first kappa shape index (κ1) is 11.9. The highest BCUT2D eigenvalue weighted by molar-refractivity contribution is 5.92. The van der Waals surface area contributed by atoms with Crippen molar-refractivity contribution in [2.75, 3.05) is 39.0 Å². The van der Waals surface area contributed by atoms with Gasteiger partial charge in [-0.1, -0.05) is 0 Å². The summed E-state index contributed by atoms with van der Waals surface area (Å²) in [5.74, 6) is 0.000278. The monoisotopic (exact) mass is 234 g/mol. The molecule has 0 atom stereocenters. The molecular weight excluding hydrogens is 216 g/mol. The lowest BCUT2D eigenvalue weighted by Crippen LogP contribution is -2.34. The number of likely N-dealkylation sites (N-methyl/N-ethyl adjacent to an activating group) is 1. The van der Waals surface area contributed by atoms with Crippen LogP contribution in [-0.2, 0) is 0 Å². The molecule has 1 amide bonds. The first-order chi connectivity index (χ1) is 8.16. The maximum atomic E-state index is 12.2. The Morgan fingerprint density at radius 2 is 2.12 bits per heavy atom.